The lowest BCUT2D eigenvalue weighted by atomic mass is 10.1. The number of rotatable bonds is 6. The average molecular weight is 430 g/mol. The molecule has 1 aromatic heterocycles. The maximum absolute atomic E-state index is 11.7. The summed E-state index contributed by atoms with van der Waals surface area (Å²) in [5, 5.41) is 20.5. The highest BCUT2D eigenvalue weighted by Gasteiger charge is 2.16. The first-order chi connectivity index (χ1) is 11.6. The molecule has 1 aromatic carbocycles. The minimum absolute atomic E-state index is 0.0351. The molecule has 0 aliphatic heterocycles. The number of aliphatic hydroxyl groups is 1. The molecule has 0 amide bonds. The van der Waals surface area contributed by atoms with Gasteiger partial charge in [-0.3, -0.25) is 0 Å². The number of nitrogens with two attached hydrogens (primary N) is 1. The predicted octanol–water partition coefficient (Wildman–Crippen LogP) is 2.04. The Morgan fingerprint density at radius 3 is 2.44 bits per heavy atom. The number of halogens is 1. The van der Waals surface area contributed by atoms with E-state index in [2.05, 4.69) is 36.5 Å². The van der Waals surface area contributed by atoms with Crippen molar-refractivity contribution >= 4 is 43.4 Å². The van der Waals surface area contributed by atoms with Crippen molar-refractivity contribution in [2.45, 2.75) is 31.7 Å². The van der Waals surface area contributed by atoms with Crippen LogP contribution in [0.1, 0.15) is 18.1 Å². The second-order valence-corrected chi connectivity index (χ2v) is 8.08. The Kier molecular flexibility index (Phi) is 5.99. The Labute approximate surface area is 155 Å². The summed E-state index contributed by atoms with van der Waals surface area (Å²) in [6, 6.07) is 3.17. The van der Waals surface area contributed by atoms with Crippen molar-refractivity contribution in [3.8, 4) is 0 Å². The Bertz CT molecular complexity index is 866. The van der Waals surface area contributed by atoms with Crippen molar-refractivity contribution in [1.29, 1.82) is 0 Å². The van der Waals surface area contributed by atoms with Crippen LogP contribution in [0.3, 0.4) is 0 Å². The molecule has 0 spiro atoms. The van der Waals surface area contributed by atoms with Crippen molar-refractivity contribution in [2.24, 2.45) is 5.14 Å². The van der Waals surface area contributed by atoms with Crippen LogP contribution in [0.15, 0.2) is 27.7 Å². The minimum atomic E-state index is -3.78. The van der Waals surface area contributed by atoms with Crippen LogP contribution >= 0.6 is 15.9 Å². The van der Waals surface area contributed by atoms with E-state index in [0.717, 1.165) is 0 Å². The number of hydrogen-bond acceptors (Lipinski definition) is 7. The van der Waals surface area contributed by atoms with Crippen LogP contribution in [0.4, 0.5) is 17.5 Å². The van der Waals surface area contributed by atoms with Gasteiger partial charge in [0.15, 0.2) is 0 Å². The predicted molar refractivity (Wildman–Crippen MR) is 100 cm³/mol. The standard InChI is InChI=1S/C15H20BrN5O3S/c1-8-4-11(5-9(2)13(8)25(17,23)24)20-15-18-6-12(16)14(21-15)19-10(3)7-22/h4-6,10,22H,7H2,1-3H3,(H2,17,23,24)(H2,18,19,20,21)/t10-/m1/s1. The number of hydrogen-bond donors (Lipinski definition) is 4. The van der Waals surface area contributed by atoms with Gasteiger partial charge in [-0.15, -0.1) is 0 Å². The Balaban J connectivity index is 2.33. The number of primary sulfonamides is 1. The summed E-state index contributed by atoms with van der Waals surface area (Å²) in [7, 11) is -3.78. The monoisotopic (exact) mass is 429 g/mol. The number of sulfonamides is 1. The maximum Gasteiger partial charge on any atom is 0.238 e. The number of benzene rings is 1. The Morgan fingerprint density at radius 1 is 1.32 bits per heavy atom. The molecule has 136 valence electrons. The van der Waals surface area contributed by atoms with Gasteiger partial charge >= 0.3 is 0 Å². The van der Waals surface area contributed by atoms with E-state index in [4.69, 9.17) is 10.2 Å². The van der Waals surface area contributed by atoms with Crippen LogP contribution in [0.5, 0.6) is 0 Å². The highest BCUT2D eigenvalue weighted by Crippen LogP contribution is 2.26. The van der Waals surface area contributed by atoms with E-state index in [0.29, 0.717) is 33.1 Å². The second-order valence-electron chi connectivity index (χ2n) is 5.73. The summed E-state index contributed by atoms with van der Waals surface area (Å²) in [4.78, 5) is 8.65. The Morgan fingerprint density at radius 2 is 1.92 bits per heavy atom. The smallest absolute Gasteiger partial charge is 0.238 e. The van der Waals surface area contributed by atoms with Gasteiger partial charge in [0.25, 0.3) is 0 Å². The van der Waals surface area contributed by atoms with Gasteiger partial charge in [0.2, 0.25) is 16.0 Å². The lowest BCUT2D eigenvalue weighted by Gasteiger charge is -2.15. The minimum Gasteiger partial charge on any atom is -0.394 e. The average Bonchev–Trinajstić information content (AvgIpc) is 2.48. The van der Waals surface area contributed by atoms with Gasteiger partial charge in [-0.25, -0.2) is 18.5 Å². The fourth-order valence-electron chi connectivity index (χ4n) is 2.41. The normalized spacial score (nSPS) is 12.7. The van der Waals surface area contributed by atoms with Gasteiger partial charge in [0, 0.05) is 17.9 Å². The number of anilines is 3. The van der Waals surface area contributed by atoms with Crippen molar-refractivity contribution in [3.63, 3.8) is 0 Å². The fourth-order valence-corrected chi connectivity index (χ4v) is 3.73. The van der Waals surface area contributed by atoms with Gasteiger partial charge < -0.3 is 15.7 Å². The van der Waals surface area contributed by atoms with E-state index in [-0.39, 0.29) is 17.5 Å². The molecule has 0 fully saturated rings. The zero-order valence-corrected chi connectivity index (χ0v) is 16.4. The van der Waals surface area contributed by atoms with Crippen LogP contribution < -0.4 is 15.8 Å². The molecular weight excluding hydrogens is 410 g/mol. The molecule has 0 radical (unpaired) electrons. The van der Waals surface area contributed by atoms with Crippen LogP contribution in [0, 0.1) is 13.8 Å². The quantitative estimate of drug-likeness (QED) is 0.552. The zero-order valence-electron chi connectivity index (χ0n) is 14.0. The van der Waals surface area contributed by atoms with Gasteiger partial charge in [-0.05, 0) is 60.0 Å². The number of nitrogens with one attached hydrogen (secondary N) is 2. The molecule has 0 aliphatic rings. The molecule has 0 saturated carbocycles. The number of aromatic nitrogens is 2. The van der Waals surface area contributed by atoms with Gasteiger partial charge in [-0.1, -0.05) is 0 Å². The summed E-state index contributed by atoms with van der Waals surface area (Å²) < 4.78 is 24.0. The maximum atomic E-state index is 11.7. The summed E-state index contributed by atoms with van der Waals surface area (Å²) in [6.45, 7) is 5.14. The molecule has 8 nitrogen and oxygen atoms in total. The molecule has 0 bridgehead atoms. The largest absolute Gasteiger partial charge is 0.394 e. The molecular formula is C15H20BrN5O3S. The van der Waals surface area contributed by atoms with Gasteiger partial charge in [0.1, 0.15) is 5.82 Å². The van der Waals surface area contributed by atoms with Crippen molar-refractivity contribution in [2.75, 3.05) is 17.2 Å². The van der Waals surface area contributed by atoms with Crippen molar-refractivity contribution in [3.05, 3.63) is 33.9 Å². The third-order valence-electron chi connectivity index (χ3n) is 3.40. The molecule has 1 heterocycles. The van der Waals surface area contributed by atoms with E-state index in [1.54, 1.807) is 32.2 Å². The van der Waals surface area contributed by atoms with Crippen LogP contribution in [0.2, 0.25) is 0 Å². The van der Waals surface area contributed by atoms with E-state index >= 15 is 0 Å². The first-order valence-corrected chi connectivity index (χ1v) is 9.76. The summed E-state index contributed by atoms with van der Waals surface area (Å²) in [5.74, 6) is 0.867. The third kappa shape index (κ3) is 4.88. The van der Waals surface area contributed by atoms with Crippen molar-refractivity contribution in [1.82, 2.24) is 9.97 Å². The molecule has 2 rings (SSSR count). The topological polar surface area (TPSA) is 130 Å². The summed E-state index contributed by atoms with van der Waals surface area (Å²) in [5.41, 5.74) is 1.72. The van der Waals surface area contributed by atoms with E-state index < -0.39 is 10.0 Å². The number of aliphatic hydroxyl groups excluding tert-OH is 1. The first-order valence-electron chi connectivity index (χ1n) is 7.43. The number of nitrogens with zero attached hydrogens (tertiary/aromatic N) is 2. The Hall–Kier alpha value is -1.75. The summed E-state index contributed by atoms with van der Waals surface area (Å²) in [6.07, 6.45) is 1.58. The SMILES string of the molecule is Cc1cc(Nc2ncc(Br)c(N[C@H](C)CO)n2)cc(C)c1S(N)(=O)=O. The van der Waals surface area contributed by atoms with Gasteiger partial charge in [-0.2, -0.15) is 4.98 Å². The molecule has 0 aliphatic carbocycles. The molecule has 25 heavy (non-hydrogen) atoms. The highest BCUT2D eigenvalue weighted by atomic mass is 79.9. The van der Waals surface area contributed by atoms with Crippen LogP contribution in [-0.4, -0.2) is 36.1 Å². The lowest BCUT2D eigenvalue weighted by molar-refractivity contribution is 0.281. The molecule has 5 N–H and O–H groups in total. The second kappa shape index (κ2) is 7.65. The number of aryl methyl sites for hydroxylation is 2. The van der Waals surface area contributed by atoms with Crippen LogP contribution in [-0.2, 0) is 10.0 Å². The zero-order chi connectivity index (χ0) is 18.8. The fraction of sp³-hybridized carbons (Fsp3) is 0.333. The van der Waals surface area contributed by atoms with E-state index in [1.807, 2.05) is 6.92 Å². The highest BCUT2D eigenvalue weighted by molar-refractivity contribution is 9.10. The molecule has 0 saturated heterocycles. The first kappa shape index (κ1) is 19.6. The van der Waals surface area contributed by atoms with E-state index in [9.17, 15) is 8.42 Å². The third-order valence-corrected chi connectivity index (χ3v) is 5.20. The molecule has 2 aromatic rings. The van der Waals surface area contributed by atoms with Crippen molar-refractivity contribution < 1.29 is 13.5 Å². The van der Waals surface area contributed by atoms with Gasteiger partial charge in [0.05, 0.1) is 16.0 Å². The molecule has 10 heteroatoms. The summed E-state index contributed by atoms with van der Waals surface area (Å²) >= 11 is 3.35. The van der Waals surface area contributed by atoms with E-state index in [1.165, 1.54) is 0 Å². The lowest BCUT2D eigenvalue weighted by Crippen LogP contribution is -2.20. The molecule has 0 unspecified atom stereocenters. The van der Waals surface area contributed by atoms with Crippen LogP contribution in [0.25, 0.3) is 0 Å². The molecule has 1 atom stereocenters.